The monoisotopic (exact) mass is 246 g/mol. The molecule has 0 fully saturated rings. The lowest BCUT2D eigenvalue weighted by atomic mass is 10.1. The van der Waals surface area contributed by atoms with Crippen LogP contribution in [0.2, 0.25) is 0 Å². The Morgan fingerprint density at radius 1 is 1.33 bits per heavy atom. The number of ether oxygens (including phenoxy) is 1. The molecular weight excluding hydrogens is 236 g/mol. The first kappa shape index (κ1) is 11.8. The lowest BCUT2D eigenvalue weighted by Gasteiger charge is -2.08. The number of anilines is 1. The van der Waals surface area contributed by atoms with Gasteiger partial charge in [0.2, 0.25) is 0 Å². The smallest absolute Gasteiger partial charge is 0.338 e. The van der Waals surface area contributed by atoms with Crippen molar-refractivity contribution >= 4 is 23.5 Å². The van der Waals surface area contributed by atoms with E-state index < -0.39 is 17.8 Å². The van der Waals surface area contributed by atoms with Crippen LogP contribution in [0.1, 0.15) is 27.6 Å². The van der Waals surface area contributed by atoms with Gasteiger partial charge in [0.05, 0.1) is 16.8 Å². The number of nitrogens with two attached hydrogens (primary N) is 1. The van der Waals surface area contributed by atoms with Gasteiger partial charge in [-0.2, -0.15) is 0 Å². The molecule has 1 aromatic rings. The Hall–Kier alpha value is -2.63. The average molecular weight is 246 g/mol. The van der Waals surface area contributed by atoms with Gasteiger partial charge < -0.3 is 10.5 Å². The van der Waals surface area contributed by atoms with Gasteiger partial charge in [-0.05, 0) is 19.1 Å². The van der Waals surface area contributed by atoms with Crippen molar-refractivity contribution in [1.29, 1.82) is 0 Å². The molecule has 6 nitrogen and oxygen atoms in total. The standard InChI is InChI=1S/C12H10N2O4/c1-5(2)12(17)18-7-4-3-6-8(9(7)13)11(16)14-10(6)15/h3-4H,1,13H2,2H3,(H,14,15,16). The van der Waals surface area contributed by atoms with E-state index in [1.54, 1.807) is 0 Å². The number of amides is 2. The van der Waals surface area contributed by atoms with Crippen LogP contribution < -0.4 is 15.8 Å². The number of benzene rings is 1. The Kier molecular flexibility index (Phi) is 2.63. The molecule has 3 N–H and O–H groups in total. The number of rotatable bonds is 2. The Bertz CT molecular complexity index is 604. The minimum absolute atomic E-state index is 0.0339. The highest BCUT2D eigenvalue weighted by atomic mass is 16.5. The molecule has 1 aromatic carbocycles. The number of hydrogen-bond donors (Lipinski definition) is 2. The van der Waals surface area contributed by atoms with Crippen LogP contribution in [-0.4, -0.2) is 17.8 Å². The van der Waals surface area contributed by atoms with Crippen molar-refractivity contribution < 1.29 is 19.1 Å². The van der Waals surface area contributed by atoms with Crippen LogP contribution in [0.3, 0.4) is 0 Å². The number of esters is 1. The fourth-order valence-electron chi connectivity index (χ4n) is 1.54. The molecule has 1 heterocycles. The molecule has 0 unspecified atom stereocenters. The van der Waals surface area contributed by atoms with Crippen LogP contribution in [0.5, 0.6) is 5.75 Å². The van der Waals surface area contributed by atoms with Crippen LogP contribution in [0, 0.1) is 0 Å². The Labute approximate surface area is 102 Å². The summed E-state index contributed by atoms with van der Waals surface area (Å²) in [6.45, 7) is 4.92. The number of nitrogen functional groups attached to an aromatic ring is 1. The first-order valence-electron chi connectivity index (χ1n) is 5.07. The van der Waals surface area contributed by atoms with E-state index in [-0.39, 0.29) is 28.1 Å². The quantitative estimate of drug-likeness (QED) is 0.262. The van der Waals surface area contributed by atoms with E-state index in [1.165, 1.54) is 19.1 Å². The number of imide groups is 1. The van der Waals surface area contributed by atoms with Crippen molar-refractivity contribution in [1.82, 2.24) is 5.32 Å². The van der Waals surface area contributed by atoms with Gasteiger partial charge in [-0.3, -0.25) is 14.9 Å². The Balaban J connectivity index is 2.45. The average Bonchev–Trinajstić information content (AvgIpc) is 2.58. The fraction of sp³-hybridized carbons (Fsp3) is 0.0833. The molecular formula is C12H10N2O4. The largest absolute Gasteiger partial charge is 0.421 e. The normalized spacial score (nSPS) is 12.9. The molecule has 0 saturated carbocycles. The summed E-state index contributed by atoms with van der Waals surface area (Å²) in [5.74, 6) is -1.72. The number of nitrogens with one attached hydrogen (secondary N) is 1. The molecule has 92 valence electrons. The maximum atomic E-state index is 11.5. The Morgan fingerprint density at radius 2 is 2.00 bits per heavy atom. The minimum Gasteiger partial charge on any atom is -0.421 e. The van der Waals surface area contributed by atoms with Gasteiger partial charge in [0.1, 0.15) is 0 Å². The van der Waals surface area contributed by atoms with Crippen LogP contribution >= 0.6 is 0 Å². The van der Waals surface area contributed by atoms with Crippen LogP contribution in [0.25, 0.3) is 0 Å². The summed E-state index contributed by atoms with van der Waals surface area (Å²) in [4.78, 5) is 34.2. The maximum Gasteiger partial charge on any atom is 0.338 e. The molecule has 0 atom stereocenters. The number of carbonyl (C=O) groups is 3. The van der Waals surface area contributed by atoms with E-state index in [2.05, 4.69) is 11.9 Å². The number of fused-ring (bicyclic) bond motifs is 1. The molecule has 0 aromatic heterocycles. The molecule has 0 saturated heterocycles. The van der Waals surface area contributed by atoms with Crippen molar-refractivity contribution in [2.24, 2.45) is 0 Å². The molecule has 6 heteroatoms. The zero-order valence-corrected chi connectivity index (χ0v) is 9.57. The number of hydrogen-bond acceptors (Lipinski definition) is 5. The van der Waals surface area contributed by atoms with E-state index in [1.807, 2.05) is 0 Å². The van der Waals surface area contributed by atoms with Crippen LogP contribution in [-0.2, 0) is 4.79 Å². The lowest BCUT2D eigenvalue weighted by Crippen LogP contribution is -2.20. The molecule has 1 aliphatic rings. The summed E-state index contributed by atoms with van der Waals surface area (Å²) < 4.78 is 4.96. The highest BCUT2D eigenvalue weighted by molar-refractivity contribution is 6.24. The Morgan fingerprint density at radius 3 is 2.61 bits per heavy atom. The topological polar surface area (TPSA) is 98.5 Å². The summed E-state index contributed by atoms with van der Waals surface area (Å²) >= 11 is 0. The highest BCUT2D eigenvalue weighted by Crippen LogP contribution is 2.31. The predicted molar refractivity (Wildman–Crippen MR) is 63.1 cm³/mol. The zero-order chi connectivity index (χ0) is 13.4. The molecule has 2 rings (SSSR count). The van der Waals surface area contributed by atoms with Crippen LogP contribution in [0.15, 0.2) is 24.3 Å². The SMILES string of the molecule is C=C(C)C(=O)Oc1ccc2c(c1N)C(=O)NC2=O. The first-order valence-corrected chi connectivity index (χ1v) is 5.07. The molecule has 0 spiro atoms. The van der Waals surface area contributed by atoms with Crippen molar-refractivity contribution in [3.05, 3.63) is 35.4 Å². The third kappa shape index (κ3) is 1.73. The molecule has 0 bridgehead atoms. The van der Waals surface area contributed by atoms with Crippen molar-refractivity contribution in [2.75, 3.05) is 5.73 Å². The van der Waals surface area contributed by atoms with Gasteiger partial charge >= 0.3 is 5.97 Å². The van der Waals surface area contributed by atoms with Gasteiger partial charge in [0.25, 0.3) is 11.8 Å². The van der Waals surface area contributed by atoms with E-state index in [0.29, 0.717) is 0 Å². The molecule has 0 aliphatic carbocycles. The van der Waals surface area contributed by atoms with E-state index >= 15 is 0 Å². The fourth-order valence-corrected chi connectivity index (χ4v) is 1.54. The summed E-state index contributed by atoms with van der Waals surface area (Å²) in [5, 5.41) is 2.11. The molecule has 1 aliphatic heterocycles. The first-order chi connectivity index (χ1) is 8.41. The van der Waals surface area contributed by atoms with Crippen molar-refractivity contribution in [3.63, 3.8) is 0 Å². The third-order valence-corrected chi connectivity index (χ3v) is 2.46. The molecule has 2 amide bonds. The van der Waals surface area contributed by atoms with Gasteiger partial charge in [-0.1, -0.05) is 6.58 Å². The summed E-state index contributed by atoms with van der Waals surface area (Å²) in [7, 11) is 0. The van der Waals surface area contributed by atoms with Gasteiger partial charge in [-0.25, -0.2) is 4.79 Å². The van der Waals surface area contributed by atoms with Gasteiger partial charge in [0.15, 0.2) is 5.75 Å². The summed E-state index contributed by atoms with van der Waals surface area (Å²) in [6.07, 6.45) is 0. The summed E-state index contributed by atoms with van der Waals surface area (Å²) in [5.41, 5.74) is 6.09. The van der Waals surface area contributed by atoms with E-state index in [9.17, 15) is 14.4 Å². The molecule has 18 heavy (non-hydrogen) atoms. The van der Waals surface area contributed by atoms with Crippen molar-refractivity contribution in [3.8, 4) is 5.75 Å². The lowest BCUT2D eigenvalue weighted by molar-refractivity contribution is -0.130. The second-order valence-corrected chi connectivity index (χ2v) is 3.85. The van der Waals surface area contributed by atoms with Crippen molar-refractivity contribution in [2.45, 2.75) is 6.92 Å². The minimum atomic E-state index is -0.647. The second kappa shape index (κ2) is 3.99. The predicted octanol–water partition coefficient (Wildman–Crippen LogP) is 0.634. The number of carbonyl (C=O) groups excluding carboxylic acids is 3. The zero-order valence-electron chi connectivity index (χ0n) is 9.57. The van der Waals surface area contributed by atoms with E-state index in [0.717, 1.165) is 0 Å². The van der Waals surface area contributed by atoms with Crippen LogP contribution in [0.4, 0.5) is 5.69 Å². The third-order valence-electron chi connectivity index (χ3n) is 2.46. The second-order valence-electron chi connectivity index (χ2n) is 3.85. The maximum absolute atomic E-state index is 11.5. The molecule has 0 radical (unpaired) electrons. The van der Waals surface area contributed by atoms with Gasteiger partial charge in [0, 0.05) is 5.57 Å². The van der Waals surface area contributed by atoms with Gasteiger partial charge in [-0.15, -0.1) is 0 Å². The van der Waals surface area contributed by atoms with E-state index in [4.69, 9.17) is 10.5 Å². The summed E-state index contributed by atoms with van der Waals surface area (Å²) in [6, 6.07) is 2.75. The highest BCUT2D eigenvalue weighted by Gasteiger charge is 2.30.